The first-order chi connectivity index (χ1) is 9.85. The van der Waals surface area contributed by atoms with E-state index >= 15 is 0 Å². The Bertz CT molecular complexity index is 469. The molecule has 1 amide bonds. The molecule has 4 heteroatoms. The van der Waals surface area contributed by atoms with Crippen LogP contribution in [0.2, 0.25) is 0 Å². The minimum atomic E-state index is 0.125. The van der Waals surface area contributed by atoms with Gasteiger partial charge >= 0.3 is 0 Å². The fraction of sp³-hybridized carbons (Fsp3) is 0.588. The molecule has 118 valence electrons. The molecule has 0 heterocycles. The van der Waals surface area contributed by atoms with Crippen LogP contribution in [0.3, 0.4) is 0 Å². The normalized spacial score (nSPS) is 10.8. The number of benzene rings is 1. The van der Waals surface area contributed by atoms with Gasteiger partial charge < -0.3 is 15.1 Å². The number of nitrogens with zero attached hydrogens (tertiary/aromatic N) is 2. The predicted molar refractivity (Wildman–Crippen MR) is 89.7 cm³/mol. The van der Waals surface area contributed by atoms with E-state index in [2.05, 4.69) is 56.1 Å². The fourth-order valence-corrected chi connectivity index (χ4v) is 2.15. The Kier molecular flexibility index (Phi) is 6.69. The van der Waals surface area contributed by atoms with Gasteiger partial charge in [-0.15, -0.1) is 0 Å². The molecule has 0 fully saturated rings. The lowest BCUT2D eigenvalue weighted by Crippen LogP contribution is -2.37. The maximum atomic E-state index is 12.0. The van der Waals surface area contributed by atoms with Crippen LogP contribution in [0.25, 0.3) is 0 Å². The molecule has 0 aromatic heterocycles. The molecule has 0 aliphatic carbocycles. The molecule has 0 saturated heterocycles. The van der Waals surface area contributed by atoms with Crippen LogP contribution < -0.4 is 10.2 Å². The van der Waals surface area contributed by atoms with Gasteiger partial charge in [0.05, 0.1) is 6.54 Å². The molecule has 1 N–H and O–H groups in total. The van der Waals surface area contributed by atoms with Crippen molar-refractivity contribution in [3.8, 4) is 0 Å². The van der Waals surface area contributed by atoms with Crippen molar-refractivity contribution >= 4 is 11.6 Å². The summed E-state index contributed by atoms with van der Waals surface area (Å²) in [7, 11) is 3.60. The summed E-state index contributed by atoms with van der Waals surface area (Å²) in [6.07, 6.45) is 0. The average molecular weight is 291 g/mol. The Labute approximate surface area is 129 Å². The summed E-state index contributed by atoms with van der Waals surface area (Å²) >= 11 is 0. The van der Waals surface area contributed by atoms with Gasteiger partial charge in [-0.05, 0) is 25.5 Å². The molecule has 4 nitrogen and oxygen atoms in total. The van der Waals surface area contributed by atoms with Gasteiger partial charge in [0.15, 0.2) is 0 Å². The lowest BCUT2D eigenvalue weighted by Gasteiger charge is -2.27. The number of anilines is 1. The minimum absolute atomic E-state index is 0.125. The van der Waals surface area contributed by atoms with E-state index in [9.17, 15) is 4.79 Å². The maximum absolute atomic E-state index is 12.0. The SMILES string of the molecule is CCN(CC(=O)N(C)C)c1ccc(C)cc1CNC(C)C. The average Bonchev–Trinajstić information content (AvgIpc) is 2.42. The van der Waals surface area contributed by atoms with Crippen LogP contribution in [-0.4, -0.2) is 44.0 Å². The first kappa shape index (κ1) is 17.5. The third kappa shape index (κ3) is 5.38. The van der Waals surface area contributed by atoms with Crippen LogP contribution in [0.1, 0.15) is 31.9 Å². The Morgan fingerprint density at radius 1 is 1.29 bits per heavy atom. The zero-order valence-electron chi connectivity index (χ0n) is 14.2. The Balaban J connectivity index is 2.99. The Morgan fingerprint density at radius 2 is 1.95 bits per heavy atom. The summed E-state index contributed by atoms with van der Waals surface area (Å²) in [5, 5.41) is 3.46. The van der Waals surface area contributed by atoms with Crippen LogP contribution >= 0.6 is 0 Å². The monoisotopic (exact) mass is 291 g/mol. The molecule has 0 saturated carbocycles. The zero-order chi connectivity index (χ0) is 16.0. The summed E-state index contributed by atoms with van der Waals surface area (Å²) in [6.45, 7) is 10.5. The smallest absolute Gasteiger partial charge is 0.241 e. The van der Waals surface area contributed by atoms with Gasteiger partial charge in [-0.25, -0.2) is 0 Å². The summed E-state index contributed by atoms with van der Waals surface area (Å²) < 4.78 is 0. The summed E-state index contributed by atoms with van der Waals surface area (Å²) in [5.74, 6) is 0.125. The van der Waals surface area contributed by atoms with E-state index in [1.807, 2.05) is 0 Å². The van der Waals surface area contributed by atoms with Crippen molar-refractivity contribution in [2.75, 3.05) is 32.1 Å². The predicted octanol–water partition coefficient (Wildman–Crippen LogP) is 2.41. The number of nitrogens with one attached hydrogen (secondary N) is 1. The van der Waals surface area contributed by atoms with Gasteiger partial charge in [-0.3, -0.25) is 4.79 Å². The van der Waals surface area contributed by atoms with Crippen molar-refractivity contribution in [1.82, 2.24) is 10.2 Å². The maximum Gasteiger partial charge on any atom is 0.241 e. The van der Waals surface area contributed by atoms with Gasteiger partial charge in [0, 0.05) is 38.9 Å². The van der Waals surface area contributed by atoms with E-state index in [4.69, 9.17) is 0 Å². The molecule has 1 aromatic rings. The van der Waals surface area contributed by atoms with Crippen molar-refractivity contribution in [2.45, 2.75) is 40.3 Å². The van der Waals surface area contributed by atoms with Crippen LogP contribution in [0.15, 0.2) is 18.2 Å². The van der Waals surface area contributed by atoms with Crippen LogP contribution in [-0.2, 0) is 11.3 Å². The van der Waals surface area contributed by atoms with Crippen LogP contribution in [0.4, 0.5) is 5.69 Å². The molecule has 0 unspecified atom stereocenters. The topological polar surface area (TPSA) is 35.6 Å². The quantitative estimate of drug-likeness (QED) is 0.838. The molecule has 0 radical (unpaired) electrons. The van der Waals surface area contributed by atoms with Gasteiger partial charge in [-0.2, -0.15) is 0 Å². The second-order valence-electron chi connectivity index (χ2n) is 5.97. The van der Waals surface area contributed by atoms with E-state index in [0.717, 1.165) is 18.8 Å². The highest BCUT2D eigenvalue weighted by molar-refractivity contribution is 5.81. The van der Waals surface area contributed by atoms with E-state index in [-0.39, 0.29) is 5.91 Å². The van der Waals surface area contributed by atoms with Crippen molar-refractivity contribution in [3.63, 3.8) is 0 Å². The molecule has 0 aliphatic rings. The lowest BCUT2D eigenvalue weighted by atomic mass is 10.1. The first-order valence-corrected chi connectivity index (χ1v) is 7.63. The van der Waals surface area contributed by atoms with Crippen molar-refractivity contribution in [3.05, 3.63) is 29.3 Å². The molecule has 21 heavy (non-hydrogen) atoms. The summed E-state index contributed by atoms with van der Waals surface area (Å²) in [4.78, 5) is 15.8. The highest BCUT2D eigenvalue weighted by atomic mass is 16.2. The van der Waals surface area contributed by atoms with E-state index in [0.29, 0.717) is 12.6 Å². The van der Waals surface area contributed by atoms with E-state index in [1.165, 1.54) is 11.1 Å². The van der Waals surface area contributed by atoms with Crippen molar-refractivity contribution in [2.24, 2.45) is 0 Å². The standard InChI is InChI=1S/C17H29N3O/c1-7-20(12-17(21)19(5)6)16-9-8-14(4)10-15(16)11-18-13(2)3/h8-10,13,18H,7,11-12H2,1-6H3. The zero-order valence-corrected chi connectivity index (χ0v) is 14.2. The van der Waals surface area contributed by atoms with Gasteiger partial charge in [-0.1, -0.05) is 31.5 Å². The summed E-state index contributed by atoms with van der Waals surface area (Å²) in [6, 6.07) is 6.88. The number of amides is 1. The molecule has 1 aromatic carbocycles. The van der Waals surface area contributed by atoms with Gasteiger partial charge in [0.25, 0.3) is 0 Å². The molecule has 0 aliphatic heterocycles. The number of rotatable bonds is 7. The lowest BCUT2D eigenvalue weighted by molar-refractivity contribution is -0.127. The van der Waals surface area contributed by atoms with Gasteiger partial charge in [0.1, 0.15) is 0 Å². The number of likely N-dealkylation sites (N-methyl/N-ethyl adjacent to an activating group) is 2. The number of hydrogen-bond donors (Lipinski definition) is 1. The van der Waals surface area contributed by atoms with Gasteiger partial charge in [0.2, 0.25) is 5.91 Å². The number of carbonyl (C=O) groups is 1. The molecule has 0 atom stereocenters. The van der Waals surface area contributed by atoms with Crippen molar-refractivity contribution < 1.29 is 4.79 Å². The van der Waals surface area contributed by atoms with Crippen LogP contribution in [0.5, 0.6) is 0 Å². The second-order valence-corrected chi connectivity index (χ2v) is 5.97. The minimum Gasteiger partial charge on any atom is -0.362 e. The molecule has 1 rings (SSSR count). The fourth-order valence-electron chi connectivity index (χ4n) is 2.15. The Hall–Kier alpha value is -1.55. The molecule has 0 spiro atoms. The van der Waals surface area contributed by atoms with E-state index in [1.54, 1.807) is 19.0 Å². The number of hydrogen-bond acceptors (Lipinski definition) is 3. The third-order valence-corrected chi connectivity index (χ3v) is 3.48. The van der Waals surface area contributed by atoms with Crippen molar-refractivity contribution in [1.29, 1.82) is 0 Å². The van der Waals surface area contributed by atoms with E-state index < -0.39 is 0 Å². The molecular formula is C17H29N3O. The first-order valence-electron chi connectivity index (χ1n) is 7.63. The highest BCUT2D eigenvalue weighted by Gasteiger charge is 2.15. The molecule has 0 bridgehead atoms. The van der Waals surface area contributed by atoms with Crippen LogP contribution in [0, 0.1) is 6.92 Å². The number of aryl methyl sites for hydroxylation is 1. The highest BCUT2D eigenvalue weighted by Crippen LogP contribution is 2.22. The molecular weight excluding hydrogens is 262 g/mol. The third-order valence-electron chi connectivity index (χ3n) is 3.48. The summed E-state index contributed by atoms with van der Waals surface area (Å²) in [5.41, 5.74) is 3.64. The Morgan fingerprint density at radius 3 is 2.48 bits per heavy atom. The second kappa shape index (κ2) is 8.03. The number of carbonyl (C=O) groups excluding carboxylic acids is 1. The largest absolute Gasteiger partial charge is 0.362 e.